The molecule has 0 spiro atoms. The maximum atomic E-state index is 11.6. The molecular formula is C13H14Br3N5O3S. The lowest BCUT2D eigenvalue weighted by Crippen LogP contribution is -2.20. The van der Waals surface area contributed by atoms with Gasteiger partial charge in [-0.2, -0.15) is 4.98 Å². The van der Waals surface area contributed by atoms with Crippen molar-refractivity contribution in [1.82, 2.24) is 9.97 Å². The van der Waals surface area contributed by atoms with E-state index in [1.54, 1.807) is 18.3 Å². The number of nitrogens with two attached hydrogens (primary N) is 1. The number of aliphatic hydroxyl groups is 1. The molecule has 0 saturated heterocycles. The number of primary sulfonamides is 1. The van der Waals surface area contributed by atoms with Gasteiger partial charge in [-0.15, -0.1) is 0 Å². The molecule has 25 heavy (non-hydrogen) atoms. The molecule has 12 heteroatoms. The fourth-order valence-electron chi connectivity index (χ4n) is 1.84. The van der Waals surface area contributed by atoms with Crippen LogP contribution in [0, 0.1) is 0 Å². The molecule has 0 amide bonds. The minimum absolute atomic E-state index is 0.0473. The highest BCUT2D eigenvalue weighted by atomic mass is 79.9. The molecule has 8 nitrogen and oxygen atoms in total. The summed E-state index contributed by atoms with van der Waals surface area (Å²) in [7, 11) is -3.88. The Hall–Kier alpha value is -0.790. The lowest BCUT2D eigenvalue weighted by molar-refractivity contribution is 0.281. The predicted molar refractivity (Wildman–Crippen MR) is 106 cm³/mol. The van der Waals surface area contributed by atoms with E-state index in [0.29, 0.717) is 24.9 Å². The summed E-state index contributed by atoms with van der Waals surface area (Å²) in [6.45, 7) is 1.76. The first-order chi connectivity index (χ1) is 11.6. The molecule has 136 valence electrons. The normalized spacial score (nSPS) is 12.7. The average Bonchev–Trinajstić information content (AvgIpc) is 2.48. The van der Waals surface area contributed by atoms with Crippen molar-refractivity contribution in [3.8, 4) is 0 Å². The number of aliphatic hydroxyl groups excluding tert-OH is 1. The predicted octanol–water partition coefficient (Wildman–Crippen LogP) is 2.95. The van der Waals surface area contributed by atoms with Gasteiger partial charge in [0, 0.05) is 26.9 Å². The second kappa shape index (κ2) is 8.27. The minimum atomic E-state index is -3.88. The third-order valence-electron chi connectivity index (χ3n) is 2.94. The van der Waals surface area contributed by atoms with E-state index < -0.39 is 10.0 Å². The van der Waals surface area contributed by atoms with Crippen LogP contribution in [0.5, 0.6) is 0 Å². The van der Waals surface area contributed by atoms with Crippen LogP contribution in [0.1, 0.15) is 6.92 Å². The van der Waals surface area contributed by atoms with Gasteiger partial charge in [0.1, 0.15) is 10.7 Å². The van der Waals surface area contributed by atoms with Crippen LogP contribution in [0.2, 0.25) is 0 Å². The smallest absolute Gasteiger partial charge is 0.240 e. The van der Waals surface area contributed by atoms with E-state index in [-0.39, 0.29) is 23.5 Å². The third kappa shape index (κ3) is 5.34. The van der Waals surface area contributed by atoms with Gasteiger partial charge in [0.15, 0.2) is 0 Å². The summed E-state index contributed by atoms with van der Waals surface area (Å²) >= 11 is 9.73. The Kier molecular flexibility index (Phi) is 6.79. The van der Waals surface area contributed by atoms with Gasteiger partial charge in [0.2, 0.25) is 16.0 Å². The fraction of sp³-hybridized carbons (Fsp3) is 0.231. The zero-order valence-corrected chi connectivity index (χ0v) is 18.4. The highest BCUT2D eigenvalue weighted by Gasteiger charge is 2.18. The Balaban J connectivity index is 2.33. The highest BCUT2D eigenvalue weighted by Crippen LogP contribution is 2.33. The first-order valence-corrected chi connectivity index (χ1v) is 10.7. The lowest BCUT2D eigenvalue weighted by Gasteiger charge is -2.14. The number of nitrogens with one attached hydrogen (secondary N) is 2. The van der Waals surface area contributed by atoms with Crippen LogP contribution in [0.15, 0.2) is 36.6 Å². The number of nitrogens with zero attached hydrogens (tertiary/aromatic N) is 2. The average molecular weight is 560 g/mol. The number of benzene rings is 1. The van der Waals surface area contributed by atoms with E-state index in [0.717, 1.165) is 0 Å². The van der Waals surface area contributed by atoms with Gasteiger partial charge in [0.25, 0.3) is 0 Å². The van der Waals surface area contributed by atoms with E-state index in [2.05, 4.69) is 68.4 Å². The monoisotopic (exact) mass is 557 g/mol. The molecule has 5 N–H and O–H groups in total. The first kappa shape index (κ1) is 20.5. The number of hydrogen-bond acceptors (Lipinski definition) is 7. The van der Waals surface area contributed by atoms with Crippen LogP contribution < -0.4 is 15.8 Å². The second-order valence-electron chi connectivity index (χ2n) is 5.06. The largest absolute Gasteiger partial charge is 0.394 e. The topological polar surface area (TPSA) is 130 Å². The van der Waals surface area contributed by atoms with Crippen molar-refractivity contribution in [1.29, 1.82) is 0 Å². The van der Waals surface area contributed by atoms with E-state index in [4.69, 9.17) is 10.2 Å². The molecule has 0 aliphatic carbocycles. The molecule has 0 fully saturated rings. The van der Waals surface area contributed by atoms with Crippen molar-refractivity contribution in [2.75, 3.05) is 17.2 Å². The summed E-state index contributed by atoms with van der Waals surface area (Å²) in [4.78, 5) is 8.43. The standard InChI is InChI=1S/C13H14Br3N5O3S/c1-6(5-22)19-12-10(16)4-18-13(21-12)20-7-2-8(14)11(9(15)3-7)25(17,23)24/h2-4,6,22H,5H2,1H3,(H2,17,23,24)(H2,18,19,20,21)/t6-/m1/s1. The van der Waals surface area contributed by atoms with Crippen molar-refractivity contribution in [2.24, 2.45) is 5.14 Å². The first-order valence-electron chi connectivity index (χ1n) is 6.80. The molecule has 1 atom stereocenters. The molecular weight excluding hydrogens is 546 g/mol. The maximum Gasteiger partial charge on any atom is 0.240 e. The number of aromatic nitrogens is 2. The molecule has 2 aromatic rings. The molecule has 0 aliphatic rings. The van der Waals surface area contributed by atoms with Crippen molar-refractivity contribution in [2.45, 2.75) is 17.9 Å². The second-order valence-corrected chi connectivity index (χ2v) is 9.12. The van der Waals surface area contributed by atoms with Crippen LogP contribution in [0.25, 0.3) is 0 Å². The minimum Gasteiger partial charge on any atom is -0.394 e. The number of anilines is 3. The Morgan fingerprint density at radius 2 is 1.84 bits per heavy atom. The van der Waals surface area contributed by atoms with E-state index in [9.17, 15) is 8.42 Å². The fourth-order valence-corrected chi connectivity index (χ4v) is 5.35. The molecule has 0 aliphatic heterocycles. The molecule has 1 heterocycles. The quantitative estimate of drug-likeness (QED) is 0.428. The maximum absolute atomic E-state index is 11.6. The van der Waals surface area contributed by atoms with Gasteiger partial charge in [-0.3, -0.25) is 0 Å². The number of rotatable bonds is 6. The number of sulfonamides is 1. The van der Waals surface area contributed by atoms with Gasteiger partial charge in [-0.25, -0.2) is 18.5 Å². The summed E-state index contributed by atoms with van der Waals surface area (Å²) in [6, 6.07) is 2.93. The van der Waals surface area contributed by atoms with Gasteiger partial charge in [-0.05, 0) is 66.8 Å². The van der Waals surface area contributed by atoms with E-state index >= 15 is 0 Å². The van der Waals surface area contributed by atoms with Crippen LogP contribution in [0.3, 0.4) is 0 Å². The van der Waals surface area contributed by atoms with Crippen LogP contribution in [-0.2, 0) is 10.0 Å². The van der Waals surface area contributed by atoms with Crippen molar-refractivity contribution >= 4 is 75.3 Å². The van der Waals surface area contributed by atoms with Crippen LogP contribution in [0.4, 0.5) is 17.5 Å². The highest BCUT2D eigenvalue weighted by molar-refractivity contribution is 9.11. The van der Waals surface area contributed by atoms with E-state index in [1.165, 1.54) is 0 Å². The molecule has 0 radical (unpaired) electrons. The summed E-state index contributed by atoms with van der Waals surface area (Å²) in [6.07, 6.45) is 1.56. The van der Waals surface area contributed by atoms with Gasteiger partial charge < -0.3 is 15.7 Å². The molecule has 1 aromatic carbocycles. The van der Waals surface area contributed by atoms with E-state index in [1.807, 2.05) is 6.92 Å². The SMILES string of the molecule is C[C@H](CO)Nc1nc(Nc2cc(Br)c(S(N)(=O)=O)c(Br)c2)ncc1Br. The Labute approximate surface area is 170 Å². The number of halogens is 3. The lowest BCUT2D eigenvalue weighted by atomic mass is 10.3. The zero-order valence-electron chi connectivity index (χ0n) is 12.8. The van der Waals surface area contributed by atoms with Gasteiger partial charge in [0.05, 0.1) is 11.1 Å². The van der Waals surface area contributed by atoms with Crippen molar-refractivity contribution in [3.05, 3.63) is 31.7 Å². The van der Waals surface area contributed by atoms with Gasteiger partial charge >= 0.3 is 0 Å². The summed E-state index contributed by atoms with van der Waals surface area (Å²) in [5.74, 6) is 0.802. The third-order valence-corrected chi connectivity index (χ3v) is 6.30. The Bertz CT molecular complexity index is 871. The number of hydrogen-bond donors (Lipinski definition) is 4. The zero-order chi connectivity index (χ0) is 18.8. The molecule has 2 rings (SSSR count). The Morgan fingerprint density at radius 3 is 2.36 bits per heavy atom. The van der Waals surface area contributed by atoms with Gasteiger partial charge in [-0.1, -0.05) is 0 Å². The van der Waals surface area contributed by atoms with Crippen molar-refractivity contribution in [3.63, 3.8) is 0 Å². The summed E-state index contributed by atoms with van der Waals surface area (Å²) in [5.41, 5.74) is 0.551. The summed E-state index contributed by atoms with van der Waals surface area (Å²) < 4.78 is 24.4. The van der Waals surface area contributed by atoms with Crippen LogP contribution in [-0.4, -0.2) is 36.1 Å². The molecule has 0 bridgehead atoms. The molecule has 0 unspecified atom stereocenters. The Morgan fingerprint density at radius 1 is 1.24 bits per heavy atom. The van der Waals surface area contributed by atoms with Crippen molar-refractivity contribution < 1.29 is 13.5 Å². The summed E-state index contributed by atoms with van der Waals surface area (Å²) in [5, 5.41) is 20.3. The van der Waals surface area contributed by atoms with Crippen LogP contribution >= 0.6 is 47.8 Å². The molecule has 0 saturated carbocycles. The molecule has 1 aromatic heterocycles.